The molecule has 16 nitrogen and oxygen atoms in total. The van der Waals surface area contributed by atoms with Gasteiger partial charge in [0, 0.05) is 106 Å². The minimum atomic E-state index is -0.547. The Balaban J connectivity index is 0.933. The highest BCUT2D eigenvalue weighted by Crippen LogP contribution is 2.34. The van der Waals surface area contributed by atoms with Gasteiger partial charge in [-0.2, -0.15) is 5.10 Å². The molecule has 0 spiro atoms. The monoisotopic (exact) mass is 860 g/mol. The lowest BCUT2D eigenvalue weighted by atomic mass is 9.90. The van der Waals surface area contributed by atoms with Gasteiger partial charge in [0.05, 0.1) is 61.5 Å². The summed E-state index contributed by atoms with van der Waals surface area (Å²) in [6.45, 7) is 10.2. The van der Waals surface area contributed by atoms with E-state index in [1.807, 2.05) is 17.9 Å². The molecule has 3 aliphatic heterocycles. The Morgan fingerprint density at radius 1 is 1.00 bits per heavy atom. The van der Waals surface area contributed by atoms with Crippen molar-refractivity contribution >= 4 is 47.5 Å². The number of carbonyl (C=O) groups excluding carboxylic acids is 5. The average Bonchev–Trinajstić information content (AvgIpc) is 3.80. The molecule has 3 saturated heterocycles. The maximum absolute atomic E-state index is 15.9. The van der Waals surface area contributed by atoms with Crippen LogP contribution in [0, 0.1) is 31.5 Å². The fourth-order valence-electron chi connectivity index (χ4n) is 8.83. The molecule has 2 aromatic heterocycles. The molecule has 324 valence electrons. The highest BCUT2D eigenvalue weighted by molar-refractivity contribution is 6.34. The number of rotatable bonds is 14. The van der Waals surface area contributed by atoms with E-state index in [2.05, 4.69) is 25.5 Å². The zero-order chi connectivity index (χ0) is 43.4. The van der Waals surface area contributed by atoms with E-state index in [0.717, 1.165) is 25.3 Å². The molecule has 2 N–H and O–H groups in total. The number of ether oxygens (including phenoxy) is 2. The van der Waals surface area contributed by atoms with Crippen LogP contribution in [0.1, 0.15) is 45.1 Å². The van der Waals surface area contributed by atoms with E-state index < -0.39 is 17.7 Å². The highest BCUT2D eigenvalue weighted by atomic mass is 35.5. The number of quaternary nitrogens is 1. The molecule has 0 aliphatic carbocycles. The van der Waals surface area contributed by atoms with Crippen LogP contribution in [0.15, 0.2) is 42.7 Å². The number of hydrogen-bond donors (Lipinski definition) is 2. The van der Waals surface area contributed by atoms with Gasteiger partial charge in [0.2, 0.25) is 5.91 Å². The molecule has 18 heteroatoms. The van der Waals surface area contributed by atoms with Crippen LogP contribution in [-0.2, 0) is 37.4 Å². The third-order valence-electron chi connectivity index (χ3n) is 12.5. The van der Waals surface area contributed by atoms with E-state index in [-0.39, 0.29) is 47.2 Å². The second kappa shape index (κ2) is 18.6. The number of nitrogens with one attached hydrogen (secondary N) is 2. The molecule has 4 aromatic rings. The van der Waals surface area contributed by atoms with Crippen molar-refractivity contribution in [2.24, 2.45) is 18.9 Å². The third-order valence-corrected chi connectivity index (χ3v) is 12.8. The van der Waals surface area contributed by atoms with Crippen LogP contribution in [0.3, 0.4) is 0 Å². The summed E-state index contributed by atoms with van der Waals surface area (Å²) in [6, 6.07) is 8.19. The number of esters is 1. The van der Waals surface area contributed by atoms with Gasteiger partial charge in [-0.25, -0.2) is 14.2 Å². The summed E-state index contributed by atoms with van der Waals surface area (Å²) in [5.41, 5.74) is 4.10. The molecular weight excluding hydrogens is 809 g/mol. The summed E-state index contributed by atoms with van der Waals surface area (Å²) < 4.78 is 29.6. The molecule has 0 bridgehead atoms. The Hall–Kier alpha value is -5.49. The van der Waals surface area contributed by atoms with E-state index in [1.54, 1.807) is 59.6 Å². The zero-order valence-corrected chi connectivity index (χ0v) is 35.7. The molecule has 0 radical (unpaired) electrons. The number of likely N-dealkylation sites (tertiary alicyclic amines) is 1. The molecule has 0 unspecified atom stereocenters. The lowest BCUT2D eigenvalue weighted by molar-refractivity contribution is -0.929. The van der Waals surface area contributed by atoms with Crippen molar-refractivity contribution in [2.45, 2.75) is 33.2 Å². The van der Waals surface area contributed by atoms with Crippen LogP contribution in [0.2, 0.25) is 5.02 Å². The number of piperazine rings is 1. The Morgan fingerprint density at radius 2 is 1.70 bits per heavy atom. The van der Waals surface area contributed by atoms with Crippen LogP contribution in [0.25, 0.3) is 22.4 Å². The molecule has 0 atom stereocenters. The Bertz CT molecular complexity index is 2310. The van der Waals surface area contributed by atoms with Gasteiger partial charge in [-0.05, 0) is 37.6 Å². The van der Waals surface area contributed by atoms with Gasteiger partial charge in [0.1, 0.15) is 5.82 Å². The predicted molar refractivity (Wildman–Crippen MR) is 224 cm³/mol. The molecule has 2 aromatic carbocycles. The molecular formula is C43H52ClFN9O7+. The maximum Gasteiger partial charge on any atom is 0.369 e. The van der Waals surface area contributed by atoms with Crippen LogP contribution in [0.5, 0.6) is 0 Å². The summed E-state index contributed by atoms with van der Waals surface area (Å²) in [4.78, 5) is 71.5. The van der Waals surface area contributed by atoms with Gasteiger partial charge in [0.15, 0.2) is 12.4 Å². The van der Waals surface area contributed by atoms with Crippen molar-refractivity contribution in [1.29, 1.82) is 0 Å². The summed E-state index contributed by atoms with van der Waals surface area (Å²) in [7, 11) is 3.30. The first-order chi connectivity index (χ1) is 29.3. The topological polar surface area (TPSA) is 170 Å². The van der Waals surface area contributed by atoms with Gasteiger partial charge in [-0.15, -0.1) is 0 Å². The highest BCUT2D eigenvalue weighted by Gasteiger charge is 2.42. The van der Waals surface area contributed by atoms with E-state index in [1.165, 1.54) is 12.3 Å². The number of carbonyl (C=O) groups is 5. The van der Waals surface area contributed by atoms with Crippen LogP contribution >= 0.6 is 11.6 Å². The van der Waals surface area contributed by atoms with E-state index >= 15 is 4.39 Å². The summed E-state index contributed by atoms with van der Waals surface area (Å²) in [6.07, 6.45) is 4.43. The minimum Gasteiger partial charge on any atom is -0.391 e. The van der Waals surface area contributed by atoms with Gasteiger partial charge < -0.3 is 39.0 Å². The number of halogens is 2. The Morgan fingerprint density at radius 3 is 2.36 bits per heavy atom. The van der Waals surface area contributed by atoms with Crippen molar-refractivity contribution in [1.82, 2.24) is 34.4 Å². The zero-order valence-electron chi connectivity index (χ0n) is 34.9. The van der Waals surface area contributed by atoms with E-state index in [4.69, 9.17) is 16.3 Å². The number of piperidine rings is 1. The van der Waals surface area contributed by atoms with Crippen molar-refractivity contribution in [3.8, 4) is 22.4 Å². The van der Waals surface area contributed by atoms with Crippen LogP contribution in [0.4, 0.5) is 10.1 Å². The van der Waals surface area contributed by atoms with E-state index in [0.29, 0.717) is 109 Å². The number of aromatic nitrogens is 4. The molecule has 61 heavy (non-hydrogen) atoms. The summed E-state index contributed by atoms with van der Waals surface area (Å²) in [5, 5.41) is 10.6. The minimum absolute atomic E-state index is 0.0531. The molecule has 7 rings (SSSR count). The molecule has 3 aliphatic rings. The molecule has 0 saturated carbocycles. The smallest absolute Gasteiger partial charge is 0.369 e. The third kappa shape index (κ3) is 9.24. The first-order valence-electron chi connectivity index (χ1n) is 20.5. The van der Waals surface area contributed by atoms with Crippen LogP contribution < -0.4 is 10.6 Å². The number of benzene rings is 2. The molecule has 3 fully saturated rings. The van der Waals surface area contributed by atoms with Crippen molar-refractivity contribution in [3.63, 3.8) is 0 Å². The quantitative estimate of drug-likeness (QED) is 0.0826. The van der Waals surface area contributed by atoms with Crippen LogP contribution in [-0.4, -0.2) is 143 Å². The van der Waals surface area contributed by atoms with E-state index in [9.17, 15) is 24.0 Å². The largest absolute Gasteiger partial charge is 0.391 e. The molecule has 5 heterocycles. The number of nitrogens with zero attached hydrogens (tertiary/aromatic N) is 7. The Kier molecular flexibility index (Phi) is 13.3. The summed E-state index contributed by atoms with van der Waals surface area (Å²) in [5.74, 6) is -1.32. The number of imidazole rings is 1. The molecule has 3 amide bonds. The first kappa shape index (κ1) is 43.6. The second-order valence-electron chi connectivity index (χ2n) is 16.3. The number of amides is 3. The van der Waals surface area contributed by atoms with Gasteiger partial charge >= 0.3 is 12.4 Å². The van der Waals surface area contributed by atoms with Gasteiger partial charge in [-0.3, -0.25) is 23.9 Å². The average molecular weight is 861 g/mol. The lowest BCUT2D eigenvalue weighted by Crippen LogP contribution is -2.62. The maximum atomic E-state index is 15.9. The predicted octanol–water partition coefficient (Wildman–Crippen LogP) is 3.69. The summed E-state index contributed by atoms with van der Waals surface area (Å²) >= 11 is 6.63. The normalized spacial score (nSPS) is 19.3. The van der Waals surface area contributed by atoms with Crippen molar-refractivity contribution in [2.75, 3.05) is 84.5 Å². The standard InChI is InChI=1S/C43H51ClFN9O7/c1-27-32(7-8-33(39(27)45)35-22-48-53(28(35)2)15-18-60-4)37-23-47-40(50(37)3)41(57)49-31-5-6-34(36(44)19-31)43(59)52-13-11-51(12-14-52)42(58)30-9-16-54(17-10-30,24-29-20-46-21-29)25-38(56)61-26-55/h5-8,19,22-23,26,29-30,46H,9-18,20-21,24-25H2,1-4H3/p+1. The fraction of sp³-hybridized carbons (Fsp3) is 0.465. The lowest BCUT2D eigenvalue weighted by Gasteiger charge is -2.46. The second-order valence-corrected chi connectivity index (χ2v) is 16.7. The number of hydrogen-bond acceptors (Lipinski definition) is 10. The number of methoxy groups -OCH3 is 1. The first-order valence-corrected chi connectivity index (χ1v) is 20.9. The SMILES string of the molecule is COCCn1ncc(-c2ccc(-c3cnc(C(=O)Nc4ccc(C(=O)N5CCN(C(=O)C6CC[N+](CC(=O)OC=O)(CC7CNC7)CC6)CC5)c(Cl)c4)n3C)c(C)c2F)c1C. The van der Waals surface area contributed by atoms with Crippen molar-refractivity contribution < 1.29 is 42.3 Å². The number of anilines is 1. The fourth-order valence-corrected chi connectivity index (χ4v) is 9.09. The van der Waals surface area contributed by atoms with Gasteiger partial charge in [0.25, 0.3) is 11.8 Å². The van der Waals surface area contributed by atoms with Gasteiger partial charge in [-0.1, -0.05) is 23.7 Å². The van der Waals surface area contributed by atoms with Crippen molar-refractivity contribution in [3.05, 3.63) is 76.2 Å². The Labute approximate surface area is 358 Å².